The number of rotatable bonds is 6. The monoisotopic (exact) mass is 593 g/mol. The summed E-state index contributed by atoms with van der Waals surface area (Å²) in [7, 11) is 1.46. The Labute approximate surface area is 200 Å². The minimum Gasteiger partial charge on any atom is -0.504 e. The molecule has 9 heteroatoms. The standard InChI is InChI=1S/C22H17BrIN3O4/c1-31-19-11-13(10-18(24)20(19)28)12-25-27-21(29)14-6-8-15(9-7-14)26-22(30)16-4-2-3-5-17(16)23/h2-12,28H,1H3,(H,26,30)(H,27,29). The average molecular weight is 594 g/mol. The highest BCUT2D eigenvalue weighted by Crippen LogP contribution is 2.31. The van der Waals surface area contributed by atoms with Gasteiger partial charge in [-0.05, 0) is 92.6 Å². The molecule has 0 bridgehead atoms. The molecule has 0 aliphatic carbocycles. The van der Waals surface area contributed by atoms with Crippen LogP contribution in [-0.4, -0.2) is 30.2 Å². The predicted octanol–water partition coefficient (Wildman–Crippen LogP) is 4.78. The second-order valence-electron chi connectivity index (χ2n) is 6.26. The van der Waals surface area contributed by atoms with Crippen molar-refractivity contribution in [3.05, 3.63) is 85.4 Å². The fraction of sp³-hybridized carbons (Fsp3) is 0.0455. The third-order valence-corrected chi connectivity index (χ3v) is 5.69. The van der Waals surface area contributed by atoms with Crippen LogP contribution in [0.25, 0.3) is 0 Å². The quantitative estimate of drug-likeness (QED) is 0.217. The molecule has 0 spiro atoms. The lowest BCUT2D eigenvalue weighted by Gasteiger charge is -2.08. The first kappa shape index (κ1) is 22.8. The lowest BCUT2D eigenvalue weighted by atomic mass is 10.1. The first-order valence-electron chi connectivity index (χ1n) is 8.95. The van der Waals surface area contributed by atoms with E-state index in [1.54, 1.807) is 54.6 Å². The molecule has 3 rings (SSSR count). The van der Waals surface area contributed by atoms with E-state index in [9.17, 15) is 14.7 Å². The summed E-state index contributed by atoms with van der Waals surface area (Å²) in [5.74, 6) is -0.287. The van der Waals surface area contributed by atoms with Crippen LogP contribution in [0, 0.1) is 3.57 Å². The first-order valence-corrected chi connectivity index (χ1v) is 10.8. The van der Waals surface area contributed by atoms with Gasteiger partial charge in [0.1, 0.15) is 0 Å². The number of carbonyl (C=O) groups excluding carboxylic acids is 2. The summed E-state index contributed by atoms with van der Waals surface area (Å²) in [6.07, 6.45) is 1.45. The minimum atomic E-state index is -0.402. The number of amides is 2. The lowest BCUT2D eigenvalue weighted by molar-refractivity contribution is 0.0954. The number of aromatic hydroxyl groups is 1. The number of hydrogen-bond acceptors (Lipinski definition) is 5. The van der Waals surface area contributed by atoms with Crippen molar-refractivity contribution < 1.29 is 19.4 Å². The smallest absolute Gasteiger partial charge is 0.271 e. The van der Waals surface area contributed by atoms with Crippen molar-refractivity contribution in [2.75, 3.05) is 12.4 Å². The van der Waals surface area contributed by atoms with E-state index in [1.807, 2.05) is 28.7 Å². The van der Waals surface area contributed by atoms with E-state index in [0.29, 0.717) is 36.2 Å². The van der Waals surface area contributed by atoms with Crippen molar-refractivity contribution >= 4 is 62.2 Å². The Balaban J connectivity index is 1.62. The third kappa shape index (κ3) is 5.82. The van der Waals surface area contributed by atoms with Gasteiger partial charge in [-0.3, -0.25) is 9.59 Å². The van der Waals surface area contributed by atoms with Gasteiger partial charge in [0, 0.05) is 15.7 Å². The summed E-state index contributed by atoms with van der Waals surface area (Å²) < 4.78 is 6.40. The topological polar surface area (TPSA) is 100 Å². The Bertz CT molecular complexity index is 1150. The van der Waals surface area contributed by atoms with Crippen LogP contribution < -0.4 is 15.5 Å². The molecule has 3 N–H and O–H groups in total. The summed E-state index contributed by atoms with van der Waals surface area (Å²) in [4.78, 5) is 24.6. The van der Waals surface area contributed by atoms with Crippen molar-refractivity contribution in [1.82, 2.24) is 5.43 Å². The van der Waals surface area contributed by atoms with Gasteiger partial charge < -0.3 is 15.2 Å². The van der Waals surface area contributed by atoms with Crippen molar-refractivity contribution in [2.45, 2.75) is 0 Å². The van der Waals surface area contributed by atoms with Gasteiger partial charge in [-0.25, -0.2) is 5.43 Å². The van der Waals surface area contributed by atoms with E-state index in [4.69, 9.17) is 4.74 Å². The zero-order chi connectivity index (χ0) is 22.4. The highest BCUT2D eigenvalue weighted by atomic mass is 127. The lowest BCUT2D eigenvalue weighted by Crippen LogP contribution is -2.18. The van der Waals surface area contributed by atoms with E-state index >= 15 is 0 Å². The molecular formula is C22H17BrIN3O4. The van der Waals surface area contributed by atoms with Crippen LogP contribution in [0.1, 0.15) is 26.3 Å². The Hall–Kier alpha value is -2.92. The van der Waals surface area contributed by atoms with Crippen LogP contribution in [-0.2, 0) is 0 Å². The molecule has 2 amide bonds. The minimum absolute atomic E-state index is 0.0519. The number of methoxy groups -OCH3 is 1. The maximum Gasteiger partial charge on any atom is 0.271 e. The van der Waals surface area contributed by atoms with Crippen molar-refractivity contribution in [1.29, 1.82) is 0 Å². The van der Waals surface area contributed by atoms with Crippen LogP contribution in [0.3, 0.4) is 0 Å². The number of phenols is 1. The number of ether oxygens (including phenoxy) is 1. The van der Waals surface area contributed by atoms with E-state index in [0.717, 1.165) is 0 Å². The van der Waals surface area contributed by atoms with Gasteiger partial charge in [0.25, 0.3) is 11.8 Å². The van der Waals surface area contributed by atoms with E-state index < -0.39 is 5.91 Å². The Morgan fingerprint density at radius 3 is 2.48 bits per heavy atom. The maximum absolute atomic E-state index is 12.4. The molecule has 31 heavy (non-hydrogen) atoms. The predicted molar refractivity (Wildman–Crippen MR) is 131 cm³/mol. The van der Waals surface area contributed by atoms with Crippen molar-refractivity contribution in [2.24, 2.45) is 5.10 Å². The SMILES string of the molecule is COc1cc(C=NNC(=O)c2ccc(NC(=O)c3ccccc3Br)cc2)cc(I)c1O. The summed E-state index contributed by atoms with van der Waals surface area (Å²) in [5, 5.41) is 16.6. The molecule has 3 aromatic carbocycles. The largest absolute Gasteiger partial charge is 0.504 e. The van der Waals surface area contributed by atoms with Gasteiger partial charge in [0.15, 0.2) is 11.5 Å². The summed E-state index contributed by atoms with van der Waals surface area (Å²) in [5.41, 5.74) is 4.56. The number of hydrazone groups is 1. The number of benzene rings is 3. The van der Waals surface area contributed by atoms with Crippen LogP contribution in [0.15, 0.2) is 70.2 Å². The molecule has 0 atom stereocenters. The normalized spacial score (nSPS) is 10.7. The Kier molecular flexibility index (Phi) is 7.64. The van der Waals surface area contributed by atoms with Crippen molar-refractivity contribution in [3.63, 3.8) is 0 Å². The van der Waals surface area contributed by atoms with Crippen LogP contribution in [0.4, 0.5) is 5.69 Å². The van der Waals surface area contributed by atoms with Crippen LogP contribution >= 0.6 is 38.5 Å². The van der Waals surface area contributed by atoms with Gasteiger partial charge >= 0.3 is 0 Å². The average Bonchev–Trinajstić information content (AvgIpc) is 2.76. The third-order valence-electron chi connectivity index (χ3n) is 4.17. The maximum atomic E-state index is 12.4. The number of carbonyl (C=O) groups is 2. The molecule has 0 aromatic heterocycles. The van der Waals surface area contributed by atoms with Gasteiger partial charge in [-0.15, -0.1) is 0 Å². The fourth-order valence-corrected chi connectivity index (χ4v) is 3.69. The van der Waals surface area contributed by atoms with E-state index in [-0.39, 0.29) is 11.7 Å². The number of anilines is 1. The molecule has 3 aromatic rings. The summed E-state index contributed by atoms with van der Waals surface area (Å²) in [6.45, 7) is 0. The molecule has 0 heterocycles. The molecule has 0 aliphatic rings. The van der Waals surface area contributed by atoms with Crippen LogP contribution in [0.5, 0.6) is 11.5 Å². The second kappa shape index (κ2) is 10.4. The van der Waals surface area contributed by atoms with Crippen LogP contribution in [0.2, 0.25) is 0 Å². The number of nitrogens with one attached hydrogen (secondary N) is 2. The molecular weight excluding hydrogens is 577 g/mol. The summed E-state index contributed by atoms with van der Waals surface area (Å²) in [6, 6.07) is 16.9. The fourth-order valence-electron chi connectivity index (χ4n) is 2.60. The van der Waals surface area contributed by atoms with Crippen molar-refractivity contribution in [3.8, 4) is 11.5 Å². The molecule has 0 aliphatic heterocycles. The highest BCUT2D eigenvalue weighted by Gasteiger charge is 2.11. The number of hydrogen-bond donors (Lipinski definition) is 3. The Morgan fingerprint density at radius 2 is 1.81 bits per heavy atom. The molecule has 158 valence electrons. The molecule has 7 nitrogen and oxygen atoms in total. The zero-order valence-electron chi connectivity index (χ0n) is 16.2. The Morgan fingerprint density at radius 1 is 1.10 bits per heavy atom. The molecule has 0 saturated carbocycles. The molecule has 0 fully saturated rings. The molecule has 0 unspecified atom stereocenters. The highest BCUT2D eigenvalue weighted by molar-refractivity contribution is 14.1. The van der Waals surface area contributed by atoms with Gasteiger partial charge in [0.2, 0.25) is 0 Å². The van der Waals surface area contributed by atoms with E-state index in [1.165, 1.54) is 13.3 Å². The zero-order valence-corrected chi connectivity index (χ0v) is 20.0. The second-order valence-corrected chi connectivity index (χ2v) is 8.28. The molecule has 0 radical (unpaired) electrons. The summed E-state index contributed by atoms with van der Waals surface area (Å²) >= 11 is 5.33. The van der Waals surface area contributed by atoms with Gasteiger partial charge in [-0.1, -0.05) is 12.1 Å². The number of phenolic OH excluding ortho intramolecular Hbond substituents is 1. The van der Waals surface area contributed by atoms with Gasteiger partial charge in [0.05, 0.1) is 22.5 Å². The number of halogens is 2. The van der Waals surface area contributed by atoms with E-state index in [2.05, 4.69) is 31.8 Å². The molecule has 0 saturated heterocycles. The first-order chi connectivity index (χ1) is 14.9. The van der Waals surface area contributed by atoms with Gasteiger partial charge in [-0.2, -0.15) is 5.10 Å². The number of nitrogens with zero attached hydrogens (tertiary/aromatic N) is 1.